The van der Waals surface area contributed by atoms with E-state index >= 15 is 0 Å². The second-order valence-electron chi connectivity index (χ2n) is 4.78. The topological polar surface area (TPSA) is 89.7 Å². The molecule has 0 saturated carbocycles. The predicted octanol–water partition coefficient (Wildman–Crippen LogP) is 0.585. The van der Waals surface area contributed by atoms with Crippen LogP contribution in [0.25, 0.3) is 0 Å². The SMILES string of the molecule is COC(=O)c1ccc(S(=O)(=O)N2CCCC(N)C2)cc1. The molecular formula is C13H18N2O4S. The van der Waals surface area contributed by atoms with Crippen molar-refractivity contribution in [1.82, 2.24) is 4.31 Å². The number of rotatable bonds is 3. The molecule has 1 fully saturated rings. The predicted molar refractivity (Wildman–Crippen MR) is 73.7 cm³/mol. The number of hydrogen-bond donors (Lipinski definition) is 1. The highest BCUT2D eigenvalue weighted by Crippen LogP contribution is 2.20. The minimum atomic E-state index is -3.54. The van der Waals surface area contributed by atoms with Crippen LogP contribution in [0.15, 0.2) is 29.2 Å². The lowest BCUT2D eigenvalue weighted by Crippen LogP contribution is -2.45. The zero-order valence-corrected chi connectivity index (χ0v) is 12.1. The molecule has 1 aromatic rings. The van der Waals surface area contributed by atoms with Gasteiger partial charge in [0.1, 0.15) is 0 Å². The molecule has 1 saturated heterocycles. The molecule has 1 atom stereocenters. The first-order valence-electron chi connectivity index (χ1n) is 6.39. The number of benzene rings is 1. The number of sulfonamides is 1. The second-order valence-corrected chi connectivity index (χ2v) is 6.72. The molecule has 6 nitrogen and oxygen atoms in total. The highest BCUT2D eigenvalue weighted by Gasteiger charge is 2.28. The van der Waals surface area contributed by atoms with E-state index in [2.05, 4.69) is 4.74 Å². The molecule has 2 rings (SSSR count). The maximum absolute atomic E-state index is 12.4. The van der Waals surface area contributed by atoms with E-state index < -0.39 is 16.0 Å². The fourth-order valence-electron chi connectivity index (χ4n) is 2.22. The van der Waals surface area contributed by atoms with Gasteiger partial charge in [0.2, 0.25) is 10.0 Å². The molecule has 7 heteroatoms. The second kappa shape index (κ2) is 5.90. The summed E-state index contributed by atoms with van der Waals surface area (Å²) in [7, 11) is -2.26. The van der Waals surface area contributed by atoms with Crippen LogP contribution in [0.1, 0.15) is 23.2 Å². The number of esters is 1. The van der Waals surface area contributed by atoms with Crippen molar-refractivity contribution in [2.24, 2.45) is 5.73 Å². The van der Waals surface area contributed by atoms with Gasteiger partial charge < -0.3 is 10.5 Å². The Morgan fingerprint density at radius 3 is 2.55 bits per heavy atom. The molecular weight excluding hydrogens is 280 g/mol. The van der Waals surface area contributed by atoms with Crippen molar-refractivity contribution in [1.29, 1.82) is 0 Å². The number of ether oxygens (including phenoxy) is 1. The molecule has 20 heavy (non-hydrogen) atoms. The van der Waals surface area contributed by atoms with Crippen LogP contribution in [0.2, 0.25) is 0 Å². The summed E-state index contributed by atoms with van der Waals surface area (Å²) in [4.78, 5) is 11.5. The van der Waals surface area contributed by atoms with Gasteiger partial charge in [-0.1, -0.05) is 0 Å². The summed E-state index contributed by atoms with van der Waals surface area (Å²) in [6, 6.07) is 5.61. The van der Waals surface area contributed by atoms with Gasteiger partial charge in [-0.2, -0.15) is 4.31 Å². The van der Waals surface area contributed by atoms with Gasteiger partial charge in [-0.15, -0.1) is 0 Å². The van der Waals surface area contributed by atoms with Crippen molar-refractivity contribution < 1.29 is 17.9 Å². The number of nitrogens with two attached hydrogens (primary N) is 1. The maximum atomic E-state index is 12.4. The fraction of sp³-hybridized carbons (Fsp3) is 0.462. The first-order chi connectivity index (χ1) is 9.45. The standard InChI is InChI=1S/C13H18N2O4S/c1-19-13(16)10-4-6-12(7-5-10)20(17,18)15-8-2-3-11(14)9-15/h4-7,11H,2-3,8-9,14H2,1H3. The van der Waals surface area contributed by atoms with Crippen LogP contribution in [-0.2, 0) is 14.8 Å². The van der Waals surface area contributed by atoms with E-state index in [9.17, 15) is 13.2 Å². The zero-order valence-electron chi connectivity index (χ0n) is 11.3. The van der Waals surface area contributed by atoms with Crippen molar-refractivity contribution in [3.8, 4) is 0 Å². The number of hydrogen-bond acceptors (Lipinski definition) is 5. The van der Waals surface area contributed by atoms with Crippen LogP contribution in [0, 0.1) is 0 Å². The Labute approximate surface area is 118 Å². The number of carbonyl (C=O) groups excluding carboxylic acids is 1. The molecule has 0 amide bonds. The van der Waals surface area contributed by atoms with Gasteiger partial charge in [-0.3, -0.25) is 0 Å². The normalized spacial score (nSPS) is 20.6. The summed E-state index contributed by atoms with van der Waals surface area (Å²) in [5.41, 5.74) is 6.14. The highest BCUT2D eigenvalue weighted by molar-refractivity contribution is 7.89. The number of methoxy groups -OCH3 is 1. The molecule has 1 aromatic carbocycles. The molecule has 0 aromatic heterocycles. The Kier molecular flexibility index (Phi) is 4.42. The molecule has 1 aliphatic heterocycles. The summed E-state index contributed by atoms with van der Waals surface area (Å²) >= 11 is 0. The number of nitrogens with zero attached hydrogens (tertiary/aromatic N) is 1. The van der Waals surface area contributed by atoms with Crippen LogP contribution in [-0.4, -0.2) is 44.9 Å². The first-order valence-corrected chi connectivity index (χ1v) is 7.83. The van der Waals surface area contributed by atoms with E-state index in [4.69, 9.17) is 5.73 Å². The molecule has 1 aliphatic rings. The lowest BCUT2D eigenvalue weighted by atomic mass is 10.1. The third-order valence-electron chi connectivity index (χ3n) is 3.33. The van der Waals surface area contributed by atoms with Gasteiger partial charge >= 0.3 is 5.97 Å². The summed E-state index contributed by atoms with van der Waals surface area (Å²) in [5, 5.41) is 0. The Hall–Kier alpha value is -1.44. The monoisotopic (exact) mass is 298 g/mol. The molecule has 1 unspecified atom stereocenters. The van der Waals surface area contributed by atoms with Crippen molar-refractivity contribution in [2.45, 2.75) is 23.8 Å². The van der Waals surface area contributed by atoms with E-state index in [1.54, 1.807) is 0 Å². The third kappa shape index (κ3) is 3.00. The lowest BCUT2D eigenvalue weighted by molar-refractivity contribution is 0.0600. The van der Waals surface area contributed by atoms with Gasteiger partial charge in [0.05, 0.1) is 17.6 Å². The van der Waals surface area contributed by atoms with Crippen molar-refractivity contribution >= 4 is 16.0 Å². The fourth-order valence-corrected chi connectivity index (χ4v) is 3.76. The molecule has 2 N–H and O–H groups in total. The quantitative estimate of drug-likeness (QED) is 0.825. The van der Waals surface area contributed by atoms with Crippen molar-refractivity contribution in [3.05, 3.63) is 29.8 Å². The van der Waals surface area contributed by atoms with E-state index in [1.807, 2.05) is 0 Å². The van der Waals surface area contributed by atoms with Gasteiger partial charge in [0.15, 0.2) is 0 Å². The number of piperidine rings is 1. The smallest absolute Gasteiger partial charge is 0.337 e. The Bertz CT molecular complexity index is 583. The molecule has 110 valence electrons. The minimum Gasteiger partial charge on any atom is -0.465 e. The minimum absolute atomic E-state index is 0.118. The van der Waals surface area contributed by atoms with Gasteiger partial charge in [-0.05, 0) is 37.1 Å². The molecule has 0 bridgehead atoms. The van der Waals surface area contributed by atoms with Crippen molar-refractivity contribution in [3.63, 3.8) is 0 Å². The van der Waals surface area contributed by atoms with Gasteiger partial charge in [0, 0.05) is 19.1 Å². The summed E-state index contributed by atoms with van der Waals surface area (Å²) in [5.74, 6) is -0.492. The summed E-state index contributed by atoms with van der Waals surface area (Å²) < 4.78 is 30.8. The Morgan fingerprint density at radius 1 is 1.35 bits per heavy atom. The Balaban J connectivity index is 2.23. The first kappa shape index (κ1) is 15.0. The van der Waals surface area contributed by atoms with E-state index in [1.165, 1.54) is 35.7 Å². The van der Waals surface area contributed by atoms with Crippen molar-refractivity contribution in [2.75, 3.05) is 20.2 Å². The third-order valence-corrected chi connectivity index (χ3v) is 5.21. The molecule has 0 aliphatic carbocycles. The Morgan fingerprint density at radius 2 is 2.00 bits per heavy atom. The van der Waals surface area contributed by atoms with Crippen LogP contribution in [0.4, 0.5) is 0 Å². The summed E-state index contributed by atoms with van der Waals surface area (Å²) in [6.07, 6.45) is 1.61. The van der Waals surface area contributed by atoms with Crippen LogP contribution >= 0.6 is 0 Å². The summed E-state index contributed by atoms with van der Waals surface area (Å²) in [6.45, 7) is 0.815. The average molecular weight is 298 g/mol. The molecule has 0 radical (unpaired) electrons. The number of carbonyl (C=O) groups is 1. The van der Waals surface area contributed by atoms with Crippen LogP contribution in [0.5, 0.6) is 0 Å². The zero-order chi connectivity index (χ0) is 14.8. The van der Waals surface area contributed by atoms with E-state index in [0.717, 1.165) is 12.8 Å². The van der Waals surface area contributed by atoms with Crippen LogP contribution in [0.3, 0.4) is 0 Å². The van der Waals surface area contributed by atoms with Gasteiger partial charge in [-0.25, -0.2) is 13.2 Å². The van der Waals surface area contributed by atoms with E-state index in [-0.39, 0.29) is 10.9 Å². The maximum Gasteiger partial charge on any atom is 0.337 e. The molecule has 0 spiro atoms. The molecule has 1 heterocycles. The largest absolute Gasteiger partial charge is 0.465 e. The highest BCUT2D eigenvalue weighted by atomic mass is 32.2. The van der Waals surface area contributed by atoms with Gasteiger partial charge in [0.25, 0.3) is 0 Å². The van der Waals surface area contributed by atoms with E-state index in [0.29, 0.717) is 18.7 Å². The van der Waals surface area contributed by atoms with Crippen LogP contribution < -0.4 is 5.73 Å². The average Bonchev–Trinajstić information content (AvgIpc) is 2.46. The lowest BCUT2D eigenvalue weighted by Gasteiger charge is -2.29.